The number of carbonyl (C=O) groups excluding carboxylic acids is 1. The molecular weight excluding hydrogens is 312 g/mol. The lowest BCUT2D eigenvalue weighted by Gasteiger charge is -2.12. The highest BCUT2D eigenvalue weighted by Gasteiger charge is 2.16. The van der Waals surface area contributed by atoms with Crippen LogP contribution in [-0.2, 0) is 17.9 Å². The van der Waals surface area contributed by atoms with E-state index in [2.05, 4.69) is 5.32 Å². The van der Waals surface area contributed by atoms with E-state index in [0.29, 0.717) is 13.1 Å². The van der Waals surface area contributed by atoms with Gasteiger partial charge in [0.15, 0.2) is 6.04 Å². The Hall–Kier alpha value is -2.04. The summed E-state index contributed by atoms with van der Waals surface area (Å²) in [6.45, 7) is 3.07. The molecule has 3 N–H and O–H groups in total. The summed E-state index contributed by atoms with van der Waals surface area (Å²) in [7, 11) is 1.63. The van der Waals surface area contributed by atoms with Gasteiger partial charge in [0.1, 0.15) is 12.3 Å². The molecule has 0 fully saturated rings. The zero-order chi connectivity index (χ0) is 16.7. The van der Waals surface area contributed by atoms with Gasteiger partial charge in [0.25, 0.3) is 5.91 Å². The Balaban J connectivity index is 1.79. The van der Waals surface area contributed by atoms with Gasteiger partial charge in [-0.25, -0.2) is 0 Å². The molecule has 0 aromatic heterocycles. The van der Waals surface area contributed by atoms with Crippen molar-refractivity contribution in [1.29, 1.82) is 0 Å². The van der Waals surface area contributed by atoms with Crippen molar-refractivity contribution in [2.75, 3.05) is 7.11 Å². The fourth-order valence-corrected chi connectivity index (χ4v) is 2.38. The topological polar surface area (TPSA) is 54.9 Å². The number of carbonyl (C=O) groups is 1. The van der Waals surface area contributed by atoms with E-state index in [-0.39, 0.29) is 11.9 Å². The fraction of sp³-hybridized carbons (Fsp3) is 0.278. The maximum Gasteiger partial charge on any atom is 0.278 e. The predicted octanol–water partition coefficient (Wildman–Crippen LogP) is 2.12. The molecule has 5 heteroatoms. The van der Waals surface area contributed by atoms with Gasteiger partial charge in [-0.15, -0.1) is 0 Å². The third-order valence-corrected chi connectivity index (χ3v) is 4.06. The molecular formula is C18H22ClN2O2+. The first-order chi connectivity index (χ1) is 11.1. The first-order valence-electron chi connectivity index (χ1n) is 7.57. The molecule has 0 bridgehead atoms. The minimum absolute atomic E-state index is 0.00729. The number of hydrogen-bond acceptors (Lipinski definition) is 2. The summed E-state index contributed by atoms with van der Waals surface area (Å²) < 4.78 is 5.11. The van der Waals surface area contributed by atoms with E-state index >= 15 is 0 Å². The average Bonchev–Trinajstić information content (AvgIpc) is 2.59. The van der Waals surface area contributed by atoms with Gasteiger partial charge in [-0.3, -0.25) is 4.79 Å². The smallest absolute Gasteiger partial charge is 0.278 e. The molecule has 1 amide bonds. The van der Waals surface area contributed by atoms with Crippen LogP contribution >= 0.6 is 11.6 Å². The number of amides is 1. The number of quaternary nitrogens is 1. The molecule has 2 aromatic rings. The normalized spacial score (nSPS) is 11.8. The van der Waals surface area contributed by atoms with Crippen LogP contribution in [0, 0.1) is 0 Å². The van der Waals surface area contributed by atoms with Crippen molar-refractivity contribution in [3.05, 3.63) is 64.7 Å². The summed E-state index contributed by atoms with van der Waals surface area (Å²) in [5.41, 5.74) is 2.07. The van der Waals surface area contributed by atoms with E-state index in [4.69, 9.17) is 16.3 Å². The van der Waals surface area contributed by atoms with E-state index in [1.165, 1.54) is 0 Å². The van der Waals surface area contributed by atoms with Crippen LogP contribution in [0.5, 0.6) is 5.75 Å². The Bertz CT molecular complexity index is 644. The zero-order valence-corrected chi connectivity index (χ0v) is 14.1. The van der Waals surface area contributed by atoms with Crippen LogP contribution in [0.1, 0.15) is 18.1 Å². The third kappa shape index (κ3) is 5.27. The Morgan fingerprint density at radius 3 is 2.57 bits per heavy atom. The van der Waals surface area contributed by atoms with Crippen LogP contribution in [0.2, 0.25) is 5.02 Å². The van der Waals surface area contributed by atoms with E-state index in [0.717, 1.165) is 21.9 Å². The molecule has 23 heavy (non-hydrogen) atoms. The summed E-state index contributed by atoms with van der Waals surface area (Å²) >= 11 is 6.12. The van der Waals surface area contributed by atoms with Crippen LogP contribution in [0.25, 0.3) is 0 Å². The van der Waals surface area contributed by atoms with E-state index in [9.17, 15) is 4.79 Å². The first-order valence-corrected chi connectivity index (χ1v) is 7.95. The Morgan fingerprint density at radius 2 is 1.91 bits per heavy atom. The molecule has 0 saturated carbocycles. The van der Waals surface area contributed by atoms with Gasteiger partial charge < -0.3 is 15.4 Å². The number of rotatable bonds is 7. The van der Waals surface area contributed by atoms with Crippen molar-refractivity contribution in [2.24, 2.45) is 0 Å². The maximum absolute atomic E-state index is 12.1. The van der Waals surface area contributed by atoms with Gasteiger partial charge in [-0.1, -0.05) is 41.9 Å². The summed E-state index contributed by atoms with van der Waals surface area (Å²) in [4.78, 5) is 12.1. The summed E-state index contributed by atoms with van der Waals surface area (Å²) in [6.07, 6.45) is 0. The second kappa shape index (κ2) is 8.56. The van der Waals surface area contributed by atoms with Gasteiger partial charge in [0.2, 0.25) is 0 Å². The number of benzene rings is 2. The minimum Gasteiger partial charge on any atom is -0.497 e. The van der Waals surface area contributed by atoms with Gasteiger partial charge in [-0.2, -0.15) is 0 Å². The molecule has 4 nitrogen and oxygen atoms in total. The molecule has 0 saturated heterocycles. The number of nitrogens with two attached hydrogens (primary N) is 1. The number of ether oxygens (including phenoxy) is 1. The second-order valence-corrected chi connectivity index (χ2v) is 5.79. The molecule has 2 aromatic carbocycles. The molecule has 2 rings (SSSR count). The second-order valence-electron chi connectivity index (χ2n) is 5.39. The number of hydrogen-bond donors (Lipinski definition) is 2. The van der Waals surface area contributed by atoms with Crippen molar-refractivity contribution >= 4 is 17.5 Å². The predicted molar refractivity (Wildman–Crippen MR) is 91.4 cm³/mol. The third-order valence-electron chi connectivity index (χ3n) is 3.69. The minimum atomic E-state index is -0.176. The van der Waals surface area contributed by atoms with Crippen molar-refractivity contribution in [2.45, 2.75) is 26.1 Å². The van der Waals surface area contributed by atoms with Crippen LogP contribution in [0.4, 0.5) is 0 Å². The Labute approximate surface area is 141 Å². The molecule has 0 spiro atoms. The van der Waals surface area contributed by atoms with Crippen molar-refractivity contribution < 1.29 is 14.8 Å². The van der Waals surface area contributed by atoms with Crippen LogP contribution in [0.15, 0.2) is 48.5 Å². The Morgan fingerprint density at radius 1 is 1.22 bits per heavy atom. The van der Waals surface area contributed by atoms with Crippen molar-refractivity contribution in [1.82, 2.24) is 5.32 Å². The summed E-state index contributed by atoms with van der Waals surface area (Å²) in [6, 6.07) is 15.2. The molecule has 0 aliphatic heterocycles. The highest BCUT2D eigenvalue weighted by Crippen LogP contribution is 2.13. The molecule has 122 valence electrons. The van der Waals surface area contributed by atoms with Gasteiger partial charge in [0.05, 0.1) is 7.11 Å². The quantitative estimate of drug-likeness (QED) is 0.815. The van der Waals surface area contributed by atoms with E-state index < -0.39 is 0 Å². The van der Waals surface area contributed by atoms with Gasteiger partial charge in [0, 0.05) is 17.1 Å². The van der Waals surface area contributed by atoms with Crippen molar-refractivity contribution in [3.63, 3.8) is 0 Å². The number of halogens is 1. The lowest BCUT2D eigenvalue weighted by molar-refractivity contribution is -0.689. The number of nitrogens with one attached hydrogen (secondary N) is 1. The number of methoxy groups -OCH3 is 1. The molecule has 0 heterocycles. The summed E-state index contributed by atoms with van der Waals surface area (Å²) in [5, 5.41) is 5.65. The van der Waals surface area contributed by atoms with Gasteiger partial charge in [-0.05, 0) is 30.7 Å². The standard InChI is InChI=1S/C18H21ClN2O2/c1-13(20-12-15-5-3-4-6-17(15)19)18(22)21-11-14-7-9-16(23-2)10-8-14/h3-10,13,20H,11-12H2,1-2H3,(H,21,22)/p+1/t13-/m0/s1. The average molecular weight is 334 g/mol. The van der Waals surface area contributed by atoms with Crippen LogP contribution in [0.3, 0.4) is 0 Å². The molecule has 0 aliphatic rings. The lowest BCUT2D eigenvalue weighted by Crippen LogP contribution is -2.90. The molecule has 1 atom stereocenters. The lowest BCUT2D eigenvalue weighted by atomic mass is 10.2. The molecule has 0 aliphatic carbocycles. The van der Waals surface area contributed by atoms with E-state index in [1.807, 2.05) is 60.8 Å². The van der Waals surface area contributed by atoms with Crippen molar-refractivity contribution in [3.8, 4) is 5.75 Å². The van der Waals surface area contributed by atoms with Crippen LogP contribution < -0.4 is 15.4 Å². The van der Waals surface area contributed by atoms with Gasteiger partial charge >= 0.3 is 0 Å². The SMILES string of the molecule is COc1ccc(CNC(=O)[C@H](C)[NH2+]Cc2ccccc2Cl)cc1. The highest BCUT2D eigenvalue weighted by molar-refractivity contribution is 6.31. The maximum atomic E-state index is 12.1. The Kier molecular flexibility index (Phi) is 6.44. The monoisotopic (exact) mass is 333 g/mol. The fourth-order valence-electron chi connectivity index (χ4n) is 2.17. The largest absolute Gasteiger partial charge is 0.497 e. The highest BCUT2D eigenvalue weighted by atomic mass is 35.5. The molecule has 0 radical (unpaired) electrons. The van der Waals surface area contributed by atoms with Crippen LogP contribution in [-0.4, -0.2) is 19.1 Å². The zero-order valence-electron chi connectivity index (χ0n) is 13.4. The molecule has 0 unspecified atom stereocenters. The first kappa shape index (κ1) is 17.3. The summed E-state index contributed by atoms with van der Waals surface area (Å²) in [5.74, 6) is 0.814. The van der Waals surface area contributed by atoms with E-state index in [1.54, 1.807) is 7.11 Å².